The summed E-state index contributed by atoms with van der Waals surface area (Å²) >= 11 is 3.46. The van der Waals surface area contributed by atoms with Gasteiger partial charge in [0.2, 0.25) is 0 Å². The van der Waals surface area contributed by atoms with Crippen molar-refractivity contribution in [3.8, 4) is 5.75 Å². The summed E-state index contributed by atoms with van der Waals surface area (Å²) < 4.78 is 11.4. The van der Waals surface area contributed by atoms with Crippen molar-refractivity contribution in [1.82, 2.24) is 10.6 Å². The molecule has 1 aromatic rings. The first-order chi connectivity index (χ1) is 9.71. The summed E-state index contributed by atoms with van der Waals surface area (Å²) in [7, 11) is 3.34. The summed E-state index contributed by atoms with van der Waals surface area (Å²) in [4.78, 5) is 4.54. The van der Waals surface area contributed by atoms with Gasteiger partial charge in [0, 0.05) is 30.2 Å². The van der Waals surface area contributed by atoms with Gasteiger partial charge in [-0.25, -0.2) is 4.99 Å². The van der Waals surface area contributed by atoms with Gasteiger partial charge in [-0.1, -0.05) is 15.9 Å². The molecular formula is C14H22BrN3O2. The summed E-state index contributed by atoms with van der Waals surface area (Å²) in [6.45, 7) is 4.76. The highest BCUT2D eigenvalue weighted by molar-refractivity contribution is 9.10. The lowest BCUT2D eigenvalue weighted by Gasteiger charge is -2.12. The molecule has 0 aliphatic heterocycles. The number of nitrogens with zero attached hydrogens (tertiary/aromatic N) is 1. The van der Waals surface area contributed by atoms with Gasteiger partial charge >= 0.3 is 0 Å². The van der Waals surface area contributed by atoms with Crippen molar-refractivity contribution in [2.45, 2.75) is 13.5 Å². The molecule has 0 bridgehead atoms. The zero-order valence-electron chi connectivity index (χ0n) is 12.2. The molecule has 0 unspecified atom stereocenters. The summed E-state index contributed by atoms with van der Waals surface area (Å²) in [6.07, 6.45) is 0. The van der Waals surface area contributed by atoms with Gasteiger partial charge in [-0.3, -0.25) is 0 Å². The topological polar surface area (TPSA) is 54.9 Å². The minimum atomic E-state index is 0.547. The molecule has 0 fully saturated rings. The molecule has 0 aliphatic rings. The Labute approximate surface area is 128 Å². The number of rotatable bonds is 7. The summed E-state index contributed by atoms with van der Waals surface area (Å²) in [5.74, 6) is 1.61. The fraction of sp³-hybridized carbons (Fsp3) is 0.500. The lowest BCUT2D eigenvalue weighted by Crippen LogP contribution is -2.38. The van der Waals surface area contributed by atoms with E-state index in [9.17, 15) is 0 Å². The molecule has 0 saturated carbocycles. The van der Waals surface area contributed by atoms with Crippen molar-refractivity contribution in [2.75, 3.05) is 33.9 Å². The fourth-order valence-electron chi connectivity index (χ4n) is 1.65. The van der Waals surface area contributed by atoms with E-state index in [0.29, 0.717) is 13.2 Å². The Balaban J connectivity index is 2.72. The normalized spacial score (nSPS) is 11.3. The molecule has 1 rings (SSSR count). The van der Waals surface area contributed by atoms with Gasteiger partial charge in [-0.2, -0.15) is 0 Å². The van der Waals surface area contributed by atoms with Crippen LogP contribution in [0.3, 0.4) is 0 Å². The molecule has 0 aliphatic carbocycles. The van der Waals surface area contributed by atoms with E-state index in [2.05, 4.69) is 31.6 Å². The van der Waals surface area contributed by atoms with Crippen LogP contribution in [0.5, 0.6) is 5.75 Å². The summed E-state index contributed by atoms with van der Waals surface area (Å²) in [5.41, 5.74) is 1.03. The number of hydrogen-bond donors (Lipinski definition) is 2. The van der Waals surface area contributed by atoms with E-state index in [1.54, 1.807) is 14.2 Å². The molecule has 0 radical (unpaired) electrons. The minimum absolute atomic E-state index is 0.547. The molecule has 0 aromatic heterocycles. The second-order valence-electron chi connectivity index (χ2n) is 4.07. The van der Waals surface area contributed by atoms with Crippen molar-refractivity contribution < 1.29 is 9.47 Å². The van der Waals surface area contributed by atoms with Crippen molar-refractivity contribution in [1.29, 1.82) is 0 Å². The molecular weight excluding hydrogens is 322 g/mol. The van der Waals surface area contributed by atoms with Crippen molar-refractivity contribution in [3.05, 3.63) is 28.2 Å². The van der Waals surface area contributed by atoms with E-state index in [1.165, 1.54) is 0 Å². The van der Waals surface area contributed by atoms with Crippen LogP contribution >= 0.6 is 15.9 Å². The Bertz CT molecular complexity index is 438. The van der Waals surface area contributed by atoms with Crippen LogP contribution in [0.25, 0.3) is 0 Å². The maximum atomic E-state index is 5.34. The molecule has 112 valence electrons. The number of benzene rings is 1. The number of guanidine groups is 1. The number of ether oxygens (including phenoxy) is 2. The van der Waals surface area contributed by atoms with Crippen LogP contribution in [0.15, 0.2) is 27.7 Å². The Hall–Kier alpha value is -1.27. The van der Waals surface area contributed by atoms with Crippen molar-refractivity contribution in [3.63, 3.8) is 0 Å². The average Bonchev–Trinajstić information content (AvgIpc) is 2.45. The van der Waals surface area contributed by atoms with Crippen LogP contribution in [0.4, 0.5) is 0 Å². The Kier molecular flexibility index (Phi) is 8.06. The maximum Gasteiger partial charge on any atom is 0.191 e. The smallest absolute Gasteiger partial charge is 0.191 e. The standard InChI is InChI=1S/C14H22BrN3O2/c1-4-16-14(17-7-8-19-2)18-10-11-9-12(15)5-6-13(11)20-3/h5-6,9H,4,7-8,10H2,1-3H3,(H2,16,17,18). The van der Waals surface area contributed by atoms with Crippen LogP contribution in [-0.4, -0.2) is 39.9 Å². The number of hydrogen-bond acceptors (Lipinski definition) is 3. The summed E-state index contributed by atoms with van der Waals surface area (Å²) in [5, 5.41) is 6.40. The number of nitrogens with one attached hydrogen (secondary N) is 2. The van der Waals surface area contributed by atoms with Gasteiger partial charge in [0.25, 0.3) is 0 Å². The first-order valence-corrected chi connectivity index (χ1v) is 7.34. The predicted octanol–water partition coefficient (Wildman–Crippen LogP) is 2.16. The van der Waals surface area contributed by atoms with Crippen LogP contribution in [-0.2, 0) is 11.3 Å². The number of halogens is 1. The van der Waals surface area contributed by atoms with E-state index in [-0.39, 0.29) is 0 Å². The molecule has 1 aromatic carbocycles. The monoisotopic (exact) mass is 343 g/mol. The highest BCUT2D eigenvalue weighted by atomic mass is 79.9. The minimum Gasteiger partial charge on any atom is -0.496 e. The van der Waals surface area contributed by atoms with Crippen LogP contribution < -0.4 is 15.4 Å². The highest BCUT2D eigenvalue weighted by Gasteiger charge is 2.04. The van der Waals surface area contributed by atoms with Crippen LogP contribution in [0, 0.1) is 0 Å². The highest BCUT2D eigenvalue weighted by Crippen LogP contribution is 2.23. The third kappa shape index (κ3) is 5.79. The summed E-state index contributed by atoms with van der Waals surface area (Å²) in [6, 6.07) is 5.90. The third-order valence-corrected chi connectivity index (χ3v) is 3.09. The van der Waals surface area contributed by atoms with Gasteiger partial charge in [0.05, 0.1) is 20.3 Å². The Morgan fingerprint density at radius 2 is 2.10 bits per heavy atom. The molecule has 0 saturated heterocycles. The van der Waals surface area contributed by atoms with Gasteiger partial charge in [0.1, 0.15) is 5.75 Å². The van der Waals surface area contributed by atoms with E-state index >= 15 is 0 Å². The second-order valence-corrected chi connectivity index (χ2v) is 4.99. The molecule has 6 heteroatoms. The first kappa shape index (κ1) is 16.8. The average molecular weight is 344 g/mol. The zero-order chi connectivity index (χ0) is 14.8. The van der Waals surface area contributed by atoms with E-state index in [1.807, 2.05) is 25.1 Å². The number of aliphatic imine (C=N–C) groups is 1. The fourth-order valence-corrected chi connectivity index (χ4v) is 2.06. The van der Waals surface area contributed by atoms with Gasteiger partial charge in [0.15, 0.2) is 5.96 Å². The van der Waals surface area contributed by atoms with Crippen molar-refractivity contribution >= 4 is 21.9 Å². The van der Waals surface area contributed by atoms with Gasteiger partial charge < -0.3 is 20.1 Å². The lowest BCUT2D eigenvalue weighted by molar-refractivity contribution is 0.203. The molecule has 0 atom stereocenters. The van der Waals surface area contributed by atoms with Gasteiger partial charge in [-0.05, 0) is 25.1 Å². The molecule has 0 heterocycles. The van der Waals surface area contributed by atoms with Crippen LogP contribution in [0.1, 0.15) is 12.5 Å². The third-order valence-electron chi connectivity index (χ3n) is 2.59. The van der Waals surface area contributed by atoms with E-state index < -0.39 is 0 Å². The van der Waals surface area contributed by atoms with Gasteiger partial charge in [-0.15, -0.1) is 0 Å². The zero-order valence-corrected chi connectivity index (χ0v) is 13.8. The molecule has 2 N–H and O–H groups in total. The van der Waals surface area contributed by atoms with E-state index in [0.717, 1.165) is 34.8 Å². The largest absolute Gasteiger partial charge is 0.496 e. The second kappa shape index (κ2) is 9.61. The molecule has 20 heavy (non-hydrogen) atoms. The first-order valence-electron chi connectivity index (χ1n) is 6.54. The quantitative estimate of drug-likeness (QED) is 0.452. The Morgan fingerprint density at radius 3 is 2.75 bits per heavy atom. The molecule has 0 amide bonds. The predicted molar refractivity (Wildman–Crippen MR) is 85.4 cm³/mol. The molecule has 5 nitrogen and oxygen atoms in total. The number of methoxy groups -OCH3 is 2. The molecule has 0 spiro atoms. The van der Waals surface area contributed by atoms with E-state index in [4.69, 9.17) is 9.47 Å². The SMILES string of the molecule is CCNC(=NCc1cc(Br)ccc1OC)NCCOC. The lowest BCUT2D eigenvalue weighted by atomic mass is 10.2. The van der Waals surface area contributed by atoms with Crippen molar-refractivity contribution in [2.24, 2.45) is 4.99 Å². The van der Waals surface area contributed by atoms with Crippen LogP contribution in [0.2, 0.25) is 0 Å². The Morgan fingerprint density at radius 1 is 1.30 bits per heavy atom. The maximum absolute atomic E-state index is 5.34.